The minimum Gasteiger partial charge on any atom is -0.343 e. The van der Waals surface area contributed by atoms with Crippen molar-refractivity contribution in [3.63, 3.8) is 0 Å². The van der Waals surface area contributed by atoms with Gasteiger partial charge in [-0.1, -0.05) is 32.0 Å². The summed E-state index contributed by atoms with van der Waals surface area (Å²) in [4.78, 5) is 27.4. The first kappa shape index (κ1) is 19.1. The third kappa shape index (κ3) is 6.38. The molecule has 0 N–H and O–H groups in total. The number of rotatable bonds is 9. The Balaban J connectivity index is 2.64. The van der Waals surface area contributed by atoms with E-state index >= 15 is 0 Å². The van der Waals surface area contributed by atoms with Gasteiger partial charge < -0.3 is 9.80 Å². The quantitative estimate of drug-likeness (QED) is 0.700. The number of halogens is 1. The maximum Gasteiger partial charge on any atom is 0.224 e. The lowest BCUT2D eigenvalue weighted by molar-refractivity contribution is -0.133. The first-order valence-corrected chi connectivity index (χ1v) is 8.26. The first-order valence-electron chi connectivity index (χ1n) is 8.26. The maximum atomic E-state index is 13.7. The van der Waals surface area contributed by atoms with Gasteiger partial charge in [-0.2, -0.15) is 0 Å². The second-order valence-corrected chi connectivity index (χ2v) is 5.66. The standard InChI is InChI=1S/C18H27FN2O2/c1-4-11-20(12-5-2)18(23)10-13-21(15(3)22)14-16-8-6-7-9-17(16)19/h6-9H,4-5,10-14H2,1-3H3. The summed E-state index contributed by atoms with van der Waals surface area (Å²) in [7, 11) is 0. The van der Waals surface area contributed by atoms with Crippen LogP contribution in [0.5, 0.6) is 0 Å². The number of amides is 2. The second kappa shape index (κ2) is 9.98. The van der Waals surface area contributed by atoms with Gasteiger partial charge in [-0.05, 0) is 18.9 Å². The van der Waals surface area contributed by atoms with Crippen molar-refractivity contribution >= 4 is 11.8 Å². The molecule has 128 valence electrons. The fourth-order valence-electron chi connectivity index (χ4n) is 2.47. The van der Waals surface area contributed by atoms with Gasteiger partial charge in [0, 0.05) is 45.1 Å². The van der Waals surface area contributed by atoms with Crippen molar-refractivity contribution in [2.75, 3.05) is 19.6 Å². The molecule has 0 fully saturated rings. The molecule has 0 saturated heterocycles. The van der Waals surface area contributed by atoms with E-state index in [0.717, 1.165) is 25.9 Å². The summed E-state index contributed by atoms with van der Waals surface area (Å²) in [6.45, 7) is 7.50. The van der Waals surface area contributed by atoms with Gasteiger partial charge in [0.05, 0.1) is 0 Å². The Hall–Kier alpha value is -1.91. The van der Waals surface area contributed by atoms with Crippen molar-refractivity contribution in [2.24, 2.45) is 0 Å². The monoisotopic (exact) mass is 322 g/mol. The molecule has 0 saturated carbocycles. The van der Waals surface area contributed by atoms with E-state index in [-0.39, 0.29) is 30.6 Å². The lowest BCUT2D eigenvalue weighted by Crippen LogP contribution is -2.37. The Kier molecular flexibility index (Phi) is 8.30. The molecule has 0 atom stereocenters. The molecule has 23 heavy (non-hydrogen) atoms. The number of benzene rings is 1. The fourth-order valence-corrected chi connectivity index (χ4v) is 2.47. The SMILES string of the molecule is CCCN(CCC)C(=O)CCN(Cc1ccccc1F)C(C)=O. The molecular formula is C18H27FN2O2. The maximum absolute atomic E-state index is 13.7. The van der Waals surface area contributed by atoms with Crippen LogP contribution in [0, 0.1) is 5.82 Å². The van der Waals surface area contributed by atoms with Crippen LogP contribution in [0.3, 0.4) is 0 Å². The Bertz CT molecular complexity index is 513. The van der Waals surface area contributed by atoms with Crippen molar-refractivity contribution in [1.82, 2.24) is 9.80 Å². The number of carbonyl (C=O) groups is 2. The predicted octanol–water partition coefficient (Wildman–Crippen LogP) is 3.21. The Labute approximate surface area is 138 Å². The van der Waals surface area contributed by atoms with Crippen LogP contribution in [0.25, 0.3) is 0 Å². The van der Waals surface area contributed by atoms with Gasteiger partial charge in [0.25, 0.3) is 0 Å². The number of nitrogens with zero attached hydrogens (tertiary/aromatic N) is 2. The van der Waals surface area contributed by atoms with Crippen molar-refractivity contribution in [1.29, 1.82) is 0 Å². The van der Waals surface area contributed by atoms with Crippen molar-refractivity contribution < 1.29 is 14.0 Å². The molecule has 2 amide bonds. The topological polar surface area (TPSA) is 40.6 Å². The van der Waals surface area contributed by atoms with Crippen LogP contribution in [0.4, 0.5) is 4.39 Å². The summed E-state index contributed by atoms with van der Waals surface area (Å²) >= 11 is 0. The normalized spacial score (nSPS) is 10.4. The van der Waals surface area contributed by atoms with Gasteiger partial charge in [0.15, 0.2) is 0 Å². The summed E-state index contributed by atoms with van der Waals surface area (Å²) in [5.41, 5.74) is 0.467. The zero-order valence-electron chi connectivity index (χ0n) is 14.3. The number of hydrogen-bond acceptors (Lipinski definition) is 2. The van der Waals surface area contributed by atoms with Gasteiger partial charge in [-0.25, -0.2) is 4.39 Å². The molecule has 0 aliphatic rings. The van der Waals surface area contributed by atoms with E-state index in [1.807, 2.05) is 18.7 Å². The smallest absolute Gasteiger partial charge is 0.224 e. The Morgan fingerprint density at radius 1 is 1.00 bits per heavy atom. The van der Waals surface area contributed by atoms with E-state index in [2.05, 4.69) is 0 Å². The molecule has 0 aliphatic heterocycles. The molecule has 0 radical (unpaired) electrons. The van der Waals surface area contributed by atoms with E-state index in [1.165, 1.54) is 17.9 Å². The number of carbonyl (C=O) groups excluding carboxylic acids is 2. The third-order valence-corrected chi connectivity index (χ3v) is 3.70. The zero-order chi connectivity index (χ0) is 17.2. The molecule has 5 heteroatoms. The molecule has 1 aromatic carbocycles. The summed E-state index contributed by atoms with van der Waals surface area (Å²) in [6, 6.07) is 6.40. The van der Waals surface area contributed by atoms with Crippen molar-refractivity contribution in [2.45, 2.75) is 46.6 Å². The van der Waals surface area contributed by atoms with Crippen molar-refractivity contribution in [3.8, 4) is 0 Å². The molecule has 1 aromatic rings. The van der Waals surface area contributed by atoms with Gasteiger partial charge >= 0.3 is 0 Å². The van der Waals surface area contributed by atoms with E-state index in [0.29, 0.717) is 12.1 Å². The van der Waals surface area contributed by atoms with E-state index in [9.17, 15) is 14.0 Å². The highest BCUT2D eigenvalue weighted by Crippen LogP contribution is 2.11. The van der Waals surface area contributed by atoms with Crippen LogP contribution in [0.2, 0.25) is 0 Å². The average molecular weight is 322 g/mol. The predicted molar refractivity (Wildman–Crippen MR) is 89.3 cm³/mol. The number of hydrogen-bond donors (Lipinski definition) is 0. The lowest BCUT2D eigenvalue weighted by Gasteiger charge is -2.25. The largest absolute Gasteiger partial charge is 0.343 e. The molecule has 0 heterocycles. The molecule has 0 spiro atoms. The van der Waals surface area contributed by atoms with Crippen molar-refractivity contribution in [3.05, 3.63) is 35.6 Å². The van der Waals surface area contributed by atoms with Gasteiger partial charge in [-0.15, -0.1) is 0 Å². The van der Waals surface area contributed by atoms with Gasteiger partial charge in [0.2, 0.25) is 11.8 Å². The molecule has 0 unspecified atom stereocenters. The van der Waals surface area contributed by atoms with Crippen LogP contribution < -0.4 is 0 Å². The fraction of sp³-hybridized carbons (Fsp3) is 0.556. The molecular weight excluding hydrogens is 295 g/mol. The van der Waals surface area contributed by atoms with Crippen LogP contribution in [-0.2, 0) is 16.1 Å². The molecule has 0 aromatic heterocycles. The van der Waals surface area contributed by atoms with Gasteiger partial charge in [-0.3, -0.25) is 9.59 Å². The van der Waals surface area contributed by atoms with E-state index < -0.39 is 0 Å². The second-order valence-electron chi connectivity index (χ2n) is 5.66. The minimum atomic E-state index is -0.330. The van der Waals surface area contributed by atoms with E-state index in [4.69, 9.17) is 0 Å². The lowest BCUT2D eigenvalue weighted by atomic mass is 10.2. The highest BCUT2D eigenvalue weighted by Gasteiger charge is 2.16. The summed E-state index contributed by atoms with van der Waals surface area (Å²) in [5, 5.41) is 0. The van der Waals surface area contributed by atoms with E-state index in [1.54, 1.807) is 18.2 Å². The highest BCUT2D eigenvalue weighted by atomic mass is 19.1. The summed E-state index contributed by atoms with van der Waals surface area (Å²) in [5.74, 6) is -0.435. The zero-order valence-corrected chi connectivity index (χ0v) is 14.3. The molecule has 4 nitrogen and oxygen atoms in total. The van der Waals surface area contributed by atoms with Crippen LogP contribution in [0.15, 0.2) is 24.3 Å². The summed E-state index contributed by atoms with van der Waals surface area (Å²) in [6.07, 6.45) is 2.10. The first-order chi connectivity index (χ1) is 11.0. The highest BCUT2D eigenvalue weighted by molar-refractivity contribution is 5.78. The Morgan fingerprint density at radius 3 is 2.13 bits per heavy atom. The van der Waals surface area contributed by atoms with Crippen LogP contribution in [-0.4, -0.2) is 41.2 Å². The minimum absolute atomic E-state index is 0.0495. The molecule has 0 aliphatic carbocycles. The average Bonchev–Trinajstić information content (AvgIpc) is 2.52. The van der Waals surface area contributed by atoms with Crippen LogP contribution >= 0.6 is 0 Å². The van der Waals surface area contributed by atoms with Gasteiger partial charge in [0.1, 0.15) is 5.82 Å². The molecule has 0 bridgehead atoms. The summed E-state index contributed by atoms with van der Waals surface area (Å²) < 4.78 is 13.7. The van der Waals surface area contributed by atoms with Crippen LogP contribution in [0.1, 0.15) is 45.6 Å². The Morgan fingerprint density at radius 2 is 1.61 bits per heavy atom. The molecule has 1 rings (SSSR count). The third-order valence-electron chi connectivity index (χ3n) is 3.70.